The van der Waals surface area contributed by atoms with Crippen molar-refractivity contribution in [2.45, 2.75) is 33.9 Å². The van der Waals surface area contributed by atoms with Crippen molar-refractivity contribution in [3.05, 3.63) is 35.4 Å². The molecule has 7 nitrogen and oxygen atoms in total. The fourth-order valence-corrected chi connectivity index (χ4v) is 3.45. The van der Waals surface area contributed by atoms with Crippen molar-refractivity contribution >= 4 is 11.9 Å². The summed E-state index contributed by atoms with van der Waals surface area (Å²) >= 11 is 0. The van der Waals surface area contributed by atoms with Gasteiger partial charge in [0.25, 0.3) is 0 Å². The van der Waals surface area contributed by atoms with Crippen molar-refractivity contribution in [1.82, 2.24) is 20.0 Å². The molecule has 0 bridgehead atoms. The van der Waals surface area contributed by atoms with Crippen LogP contribution in [0.3, 0.4) is 0 Å². The summed E-state index contributed by atoms with van der Waals surface area (Å²) in [6.45, 7) is 13.6. The Bertz CT molecular complexity index is 654. The Balaban J connectivity index is 2.06. The van der Waals surface area contributed by atoms with Gasteiger partial charge in [-0.1, -0.05) is 24.3 Å². The predicted molar refractivity (Wildman–Crippen MR) is 118 cm³/mol. The number of carbonyl (C=O) groups excluding carboxylic acids is 1. The SMILES string of the molecule is CCNC(=NCc1ccccc1CN1CCOCC1)N(C)CC(=O)N(CC)CC. The van der Waals surface area contributed by atoms with Gasteiger partial charge in [0.1, 0.15) is 0 Å². The van der Waals surface area contributed by atoms with E-state index in [0.29, 0.717) is 13.1 Å². The van der Waals surface area contributed by atoms with Gasteiger partial charge in [0.15, 0.2) is 5.96 Å². The molecule has 0 saturated carbocycles. The number of amides is 1. The summed E-state index contributed by atoms with van der Waals surface area (Å²) in [7, 11) is 1.92. The van der Waals surface area contributed by atoms with Crippen LogP contribution < -0.4 is 5.32 Å². The Morgan fingerprint density at radius 3 is 2.41 bits per heavy atom. The second-order valence-electron chi connectivity index (χ2n) is 7.25. The maximum Gasteiger partial charge on any atom is 0.242 e. The lowest BCUT2D eigenvalue weighted by atomic mass is 10.1. The van der Waals surface area contributed by atoms with E-state index in [9.17, 15) is 4.79 Å². The number of carbonyl (C=O) groups is 1. The number of nitrogens with zero attached hydrogens (tertiary/aromatic N) is 4. The lowest BCUT2D eigenvalue weighted by Gasteiger charge is -2.27. The summed E-state index contributed by atoms with van der Waals surface area (Å²) in [5.41, 5.74) is 2.52. The Hall–Kier alpha value is -2.12. The summed E-state index contributed by atoms with van der Waals surface area (Å²) in [6.07, 6.45) is 0. The molecule has 1 aromatic rings. The number of likely N-dealkylation sites (N-methyl/N-ethyl adjacent to an activating group) is 2. The third-order valence-electron chi connectivity index (χ3n) is 5.20. The van der Waals surface area contributed by atoms with Crippen LogP contribution in [0.5, 0.6) is 0 Å². The fourth-order valence-electron chi connectivity index (χ4n) is 3.45. The predicted octanol–water partition coefficient (Wildman–Crippen LogP) is 1.78. The molecule has 1 saturated heterocycles. The summed E-state index contributed by atoms with van der Waals surface area (Å²) in [5, 5.41) is 3.31. The number of benzene rings is 1. The van der Waals surface area contributed by atoms with Crippen molar-refractivity contribution < 1.29 is 9.53 Å². The van der Waals surface area contributed by atoms with Crippen molar-refractivity contribution in [3.63, 3.8) is 0 Å². The second-order valence-corrected chi connectivity index (χ2v) is 7.25. The molecule has 162 valence electrons. The Morgan fingerprint density at radius 1 is 1.14 bits per heavy atom. The zero-order chi connectivity index (χ0) is 21.1. The monoisotopic (exact) mass is 403 g/mol. The number of aliphatic imine (C=N–C) groups is 1. The van der Waals surface area contributed by atoms with E-state index in [1.54, 1.807) is 0 Å². The molecule has 29 heavy (non-hydrogen) atoms. The highest BCUT2D eigenvalue weighted by Gasteiger charge is 2.16. The summed E-state index contributed by atoms with van der Waals surface area (Å²) in [5.74, 6) is 0.880. The molecule has 1 aliphatic heterocycles. The first kappa shape index (κ1) is 23.2. The van der Waals surface area contributed by atoms with Crippen LogP contribution in [0.25, 0.3) is 0 Å². The maximum absolute atomic E-state index is 12.5. The van der Waals surface area contributed by atoms with Gasteiger partial charge in [0.2, 0.25) is 5.91 Å². The molecule has 0 aliphatic carbocycles. The molecule has 2 rings (SSSR count). The standard InChI is InChI=1S/C22H37N5O2/c1-5-23-22(25(4)18-21(28)27(6-2)7-3)24-16-19-10-8-9-11-20(19)17-26-12-14-29-15-13-26/h8-11H,5-7,12-18H2,1-4H3,(H,23,24). The number of ether oxygens (including phenoxy) is 1. The average molecular weight is 404 g/mol. The topological polar surface area (TPSA) is 60.4 Å². The molecule has 1 N–H and O–H groups in total. The molecule has 1 aromatic carbocycles. The number of hydrogen-bond donors (Lipinski definition) is 1. The Kier molecular flexibility index (Phi) is 9.94. The van der Waals surface area contributed by atoms with E-state index in [4.69, 9.17) is 9.73 Å². The van der Waals surface area contributed by atoms with E-state index < -0.39 is 0 Å². The minimum atomic E-state index is 0.121. The average Bonchev–Trinajstić information content (AvgIpc) is 2.73. The lowest BCUT2D eigenvalue weighted by Crippen LogP contribution is -2.45. The summed E-state index contributed by atoms with van der Waals surface area (Å²) < 4.78 is 5.46. The van der Waals surface area contributed by atoms with Crippen LogP contribution in [0, 0.1) is 0 Å². The number of rotatable bonds is 9. The highest BCUT2D eigenvalue weighted by Crippen LogP contribution is 2.14. The van der Waals surface area contributed by atoms with Gasteiger partial charge in [-0.05, 0) is 31.9 Å². The molecule has 0 unspecified atom stereocenters. The molecule has 1 amide bonds. The Labute approximate surface area is 175 Å². The van der Waals surface area contributed by atoms with E-state index in [2.05, 4.69) is 34.5 Å². The smallest absolute Gasteiger partial charge is 0.242 e. The second kappa shape index (κ2) is 12.4. The molecule has 1 fully saturated rings. The third kappa shape index (κ3) is 7.33. The van der Waals surface area contributed by atoms with Gasteiger partial charge >= 0.3 is 0 Å². The van der Waals surface area contributed by atoms with Crippen LogP contribution in [0.2, 0.25) is 0 Å². The Morgan fingerprint density at radius 2 is 1.79 bits per heavy atom. The first-order valence-electron chi connectivity index (χ1n) is 10.7. The molecule has 0 radical (unpaired) electrons. The van der Waals surface area contributed by atoms with Gasteiger partial charge in [-0.15, -0.1) is 0 Å². The fraction of sp³-hybridized carbons (Fsp3) is 0.636. The number of hydrogen-bond acceptors (Lipinski definition) is 4. The quantitative estimate of drug-likeness (QED) is 0.503. The van der Waals surface area contributed by atoms with Crippen LogP contribution in [0.4, 0.5) is 0 Å². The van der Waals surface area contributed by atoms with E-state index in [-0.39, 0.29) is 5.91 Å². The molecule has 0 spiro atoms. The van der Waals surface area contributed by atoms with E-state index in [1.165, 1.54) is 11.1 Å². The molecule has 1 heterocycles. The summed E-state index contributed by atoms with van der Waals surface area (Å²) in [6, 6.07) is 8.47. The van der Waals surface area contributed by atoms with E-state index in [0.717, 1.165) is 58.4 Å². The number of guanidine groups is 1. The number of morpholine rings is 1. The van der Waals surface area contributed by atoms with Gasteiger partial charge in [-0.2, -0.15) is 0 Å². The summed E-state index contributed by atoms with van der Waals surface area (Å²) in [4.78, 5) is 23.5. The van der Waals surface area contributed by atoms with Crippen LogP contribution in [-0.2, 0) is 22.6 Å². The minimum Gasteiger partial charge on any atom is -0.379 e. The van der Waals surface area contributed by atoms with Crippen LogP contribution >= 0.6 is 0 Å². The van der Waals surface area contributed by atoms with Gasteiger partial charge in [-0.25, -0.2) is 4.99 Å². The van der Waals surface area contributed by atoms with Gasteiger partial charge < -0.3 is 19.9 Å². The van der Waals surface area contributed by atoms with E-state index >= 15 is 0 Å². The maximum atomic E-state index is 12.5. The van der Waals surface area contributed by atoms with Crippen molar-refractivity contribution in [3.8, 4) is 0 Å². The van der Waals surface area contributed by atoms with Crippen molar-refractivity contribution in [1.29, 1.82) is 0 Å². The minimum absolute atomic E-state index is 0.121. The zero-order valence-electron chi connectivity index (χ0n) is 18.5. The molecular weight excluding hydrogens is 366 g/mol. The van der Waals surface area contributed by atoms with Crippen molar-refractivity contribution in [2.24, 2.45) is 4.99 Å². The first-order valence-corrected chi connectivity index (χ1v) is 10.7. The molecule has 0 aromatic heterocycles. The normalized spacial score (nSPS) is 15.2. The molecule has 0 atom stereocenters. The van der Waals surface area contributed by atoms with E-state index in [1.807, 2.05) is 37.6 Å². The lowest BCUT2D eigenvalue weighted by molar-refractivity contribution is -0.131. The highest BCUT2D eigenvalue weighted by atomic mass is 16.5. The van der Waals surface area contributed by atoms with Gasteiger partial charge in [-0.3, -0.25) is 9.69 Å². The zero-order valence-corrected chi connectivity index (χ0v) is 18.5. The first-order chi connectivity index (χ1) is 14.1. The third-order valence-corrected chi connectivity index (χ3v) is 5.20. The van der Waals surface area contributed by atoms with Gasteiger partial charge in [0.05, 0.1) is 26.3 Å². The molecular formula is C22H37N5O2. The van der Waals surface area contributed by atoms with Gasteiger partial charge in [0, 0.05) is 46.3 Å². The van der Waals surface area contributed by atoms with Crippen molar-refractivity contribution in [2.75, 3.05) is 59.5 Å². The van der Waals surface area contributed by atoms with Crippen LogP contribution in [-0.4, -0.2) is 86.1 Å². The largest absolute Gasteiger partial charge is 0.379 e. The molecule has 1 aliphatic rings. The molecule has 7 heteroatoms. The number of nitrogens with one attached hydrogen (secondary N) is 1. The van der Waals surface area contributed by atoms with Crippen LogP contribution in [0.1, 0.15) is 31.9 Å². The van der Waals surface area contributed by atoms with Crippen LogP contribution in [0.15, 0.2) is 29.3 Å². The highest BCUT2D eigenvalue weighted by molar-refractivity contribution is 5.86.